The van der Waals surface area contributed by atoms with Crippen LogP contribution in [0.15, 0.2) is 37.1 Å². The number of rotatable bonds is 7. The Balaban J connectivity index is 2.66. The Morgan fingerprint density at radius 1 is 1.25 bits per heavy atom. The Morgan fingerprint density at radius 3 is 2.35 bits per heavy atom. The summed E-state index contributed by atoms with van der Waals surface area (Å²) in [7, 11) is 0. The Bertz CT molecular complexity index is 404. The van der Waals surface area contributed by atoms with Crippen LogP contribution in [0.4, 0.5) is 0 Å². The number of hydrogen-bond donors (Lipinski definition) is 1. The normalized spacial score (nSPS) is 16.1. The van der Waals surface area contributed by atoms with Crippen molar-refractivity contribution in [3.63, 3.8) is 0 Å². The lowest BCUT2D eigenvalue weighted by atomic mass is 9.95. The largest absolute Gasteiger partial charge is 0.369 e. The highest BCUT2D eigenvalue weighted by Crippen LogP contribution is 2.17. The van der Waals surface area contributed by atoms with E-state index in [-0.39, 0.29) is 17.5 Å². The zero-order valence-corrected chi connectivity index (χ0v) is 12.0. The van der Waals surface area contributed by atoms with E-state index in [1.165, 1.54) is 6.42 Å². The number of carbonyl (C=O) groups is 1. The van der Waals surface area contributed by atoms with Crippen LogP contribution in [0.2, 0.25) is 0 Å². The van der Waals surface area contributed by atoms with Crippen molar-refractivity contribution < 1.29 is 4.79 Å². The molecule has 0 atom stereocenters. The van der Waals surface area contributed by atoms with E-state index in [0.29, 0.717) is 13.1 Å². The molecule has 0 bridgehead atoms. The summed E-state index contributed by atoms with van der Waals surface area (Å²) in [4.78, 5) is 13.9. The van der Waals surface area contributed by atoms with Crippen molar-refractivity contribution in [2.24, 2.45) is 0 Å². The summed E-state index contributed by atoms with van der Waals surface area (Å²) in [5.74, 6) is -0.280. The van der Waals surface area contributed by atoms with Gasteiger partial charge in [0.05, 0.1) is 0 Å². The molecule has 0 heterocycles. The summed E-state index contributed by atoms with van der Waals surface area (Å²) in [5.41, 5.74) is 0.138. The Kier molecular flexibility index (Phi) is 7.20. The van der Waals surface area contributed by atoms with Crippen LogP contribution < -0.4 is 5.32 Å². The fourth-order valence-electron chi connectivity index (χ4n) is 2.34. The van der Waals surface area contributed by atoms with E-state index < -0.39 is 0 Å². The first-order valence-corrected chi connectivity index (χ1v) is 7.10. The van der Waals surface area contributed by atoms with Gasteiger partial charge in [0.25, 0.3) is 5.91 Å². The second kappa shape index (κ2) is 8.98. The molecule has 1 N–H and O–H groups in total. The van der Waals surface area contributed by atoms with Gasteiger partial charge in [0.2, 0.25) is 0 Å². The molecule has 0 aliphatic heterocycles. The number of amides is 1. The second-order valence-electron chi connectivity index (χ2n) is 4.99. The van der Waals surface area contributed by atoms with Crippen molar-refractivity contribution >= 4 is 5.91 Å². The first-order chi connectivity index (χ1) is 9.71. The van der Waals surface area contributed by atoms with Gasteiger partial charge < -0.3 is 10.2 Å². The first kappa shape index (κ1) is 16.0. The number of carbonyl (C=O) groups excluding carboxylic acids is 1. The summed E-state index contributed by atoms with van der Waals surface area (Å²) in [5, 5.41) is 12.1. The van der Waals surface area contributed by atoms with E-state index >= 15 is 0 Å². The molecular weight excluding hydrogens is 250 g/mol. The van der Waals surface area contributed by atoms with Gasteiger partial charge in [0, 0.05) is 25.3 Å². The van der Waals surface area contributed by atoms with E-state index in [1.807, 2.05) is 11.0 Å². The van der Waals surface area contributed by atoms with E-state index in [2.05, 4.69) is 18.5 Å². The molecule has 0 aromatic heterocycles. The fraction of sp³-hybridized carbons (Fsp3) is 0.500. The summed E-state index contributed by atoms with van der Waals surface area (Å²) in [6, 6.07) is 2.19. The molecule has 20 heavy (non-hydrogen) atoms. The molecule has 0 saturated heterocycles. The molecule has 1 rings (SSSR count). The van der Waals surface area contributed by atoms with Crippen LogP contribution in [-0.2, 0) is 4.79 Å². The minimum Gasteiger partial charge on any atom is -0.369 e. The van der Waals surface area contributed by atoms with E-state index in [1.54, 1.807) is 18.4 Å². The average Bonchev–Trinajstić information content (AvgIpc) is 2.46. The van der Waals surface area contributed by atoms with E-state index in [0.717, 1.165) is 25.7 Å². The van der Waals surface area contributed by atoms with E-state index in [4.69, 9.17) is 5.26 Å². The summed E-state index contributed by atoms with van der Waals surface area (Å²) >= 11 is 0. The van der Waals surface area contributed by atoms with E-state index in [9.17, 15) is 4.79 Å². The molecule has 0 aromatic carbocycles. The van der Waals surface area contributed by atoms with Crippen molar-refractivity contribution in [2.75, 3.05) is 13.1 Å². The fourth-order valence-corrected chi connectivity index (χ4v) is 2.34. The minimum atomic E-state index is -0.280. The molecule has 1 fully saturated rings. The third kappa shape index (κ3) is 5.31. The Hall–Kier alpha value is -2.02. The lowest BCUT2D eigenvalue weighted by Gasteiger charge is -2.23. The highest BCUT2D eigenvalue weighted by Gasteiger charge is 2.18. The topological polar surface area (TPSA) is 56.1 Å². The van der Waals surface area contributed by atoms with Gasteiger partial charge in [0.1, 0.15) is 11.6 Å². The molecule has 0 radical (unpaired) electrons. The molecular formula is C16H23N3O. The molecule has 4 heteroatoms. The lowest BCUT2D eigenvalue weighted by molar-refractivity contribution is -0.118. The second-order valence-corrected chi connectivity index (χ2v) is 4.99. The van der Waals surface area contributed by atoms with Gasteiger partial charge >= 0.3 is 0 Å². The predicted molar refractivity (Wildman–Crippen MR) is 80.7 cm³/mol. The monoisotopic (exact) mass is 273 g/mol. The molecule has 1 amide bonds. The zero-order chi connectivity index (χ0) is 14.8. The van der Waals surface area contributed by atoms with Gasteiger partial charge in [-0.1, -0.05) is 31.4 Å². The van der Waals surface area contributed by atoms with Gasteiger partial charge in [-0.2, -0.15) is 5.26 Å². The van der Waals surface area contributed by atoms with Crippen LogP contribution in [0.5, 0.6) is 0 Å². The maximum Gasteiger partial charge on any atom is 0.263 e. The molecule has 1 aliphatic carbocycles. The molecule has 1 saturated carbocycles. The molecule has 0 unspecified atom stereocenters. The summed E-state index contributed by atoms with van der Waals surface area (Å²) in [6.45, 7) is 8.49. The van der Waals surface area contributed by atoms with Gasteiger partial charge in [-0.25, -0.2) is 0 Å². The van der Waals surface area contributed by atoms with Gasteiger partial charge in [-0.3, -0.25) is 4.79 Å². The zero-order valence-electron chi connectivity index (χ0n) is 12.0. The van der Waals surface area contributed by atoms with Crippen LogP contribution >= 0.6 is 0 Å². The first-order valence-electron chi connectivity index (χ1n) is 7.10. The van der Waals surface area contributed by atoms with Crippen molar-refractivity contribution in [2.45, 2.75) is 38.1 Å². The number of nitriles is 1. The van der Waals surface area contributed by atoms with Crippen LogP contribution in [0.25, 0.3) is 0 Å². The average molecular weight is 273 g/mol. The van der Waals surface area contributed by atoms with Crippen molar-refractivity contribution in [1.29, 1.82) is 5.26 Å². The quantitative estimate of drug-likeness (QED) is 0.440. The summed E-state index contributed by atoms with van der Waals surface area (Å²) < 4.78 is 0. The van der Waals surface area contributed by atoms with Crippen molar-refractivity contribution in [1.82, 2.24) is 10.2 Å². The third-order valence-corrected chi connectivity index (χ3v) is 3.34. The molecule has 0 spiro atoms. The van der Waals surface area contributed by atoms with Crippen LogP contribution in [0.1, 0.15) is 32.1 Å². The number of hydrogen-bond acceptors (Lipinski definition) is 3. The van der Waals surface area contributed by atoms with Crippen LogP contribution in [0.3, 0.4) is 0 Å². The van der Waals surface area contributed by atoms with Gasteiger partial charge in [0.15, 0.2) is 0 Å². The molecule has 0 aromatic rings. The summed E-state index contributed by atoms with van der Waals surface area (Å²) in [6.07, 6.45) is 10.6. The lowest BCUT2D eigenvalue weighted by Crippen LogP contribution is -2.37. The minimum absolute atomic E-state index is 0.138. The standard InChI is InChI=1S/C16H23N3O/c1-3-10-19(11-4-2)13-14(12-17)16(20)18-15-8-6-5-7-9-15/h3-4,13,15H,1-2,5-11H2,(H,18,20)/b14-13-. The number of nitrogens with one attached hydrogen (secondary N) is 1. The van der Waals surface area contributed by atoms with Gasteiger partial charge in [-0.05, 0) is 12.8 Å². The van der Waals surface area contributed by atoms with Crippen LogP contribution in [-0.4, -0.2) is 29.9 Å². The molecule has 108 valence electrons. The Labute approximate surface area is 121 Å². The third-order valence-electron chi connectivity index (χ3n) is 3.34. The highest BCUT2D eigenvalue weighted by molar-refractivity contribution is 5.97. The molecule has 4 nitrogen and oxygen atoms in total. The predicted octanol–water partition coefficient (Wildman–Crippen LogP) is 2.52. The van der Waals surface area contributed by atoms with Gasteiger partial charge in [-0.15, -0.1) is 13.2 Å². The van der Waals surface area contributed by atoms with Crippen LogP contribution in [0, 0.1) is 11.3 Å². The number of nitrogens with zero attached hydrogens (tertiary/aromatic N) is 2. The SMILES string of the molecule is C=CCN(/C=C(/C#N)C(=O)NC1CCCCC1)CC=C. The Morgan fingerprint density at radius 2 is 1.85 bits per heavy atom. The maximum atomic E-state index is 12.1. The molecule has 1 aliphatic rings. The van der Waals surface area contributed by atoms with Crippen molar-refractivity contribution in [3.05, 3.63) is 37.1 Å². The highest BCUT2D eigenvalue weighted by atomic mass is 16.1. The van der Waals surface area contributed by atoms with Crippen molar-refractivity contribution in [3.8, 4) is 6.07 Å². The maximum absolute atomic E-state index is 12.1. The smallest absolute Gasteiger partial charge is 0.263 e.